The van der Waals surface area contributed by atoms with Crippen molar-refractivity contribution in [3.8, 4) is 0 Å². The van der Waals surface area contributed by atoms with Gasteiger partial charge >= 0.3 is 0 Å². The first-order valence-corrected chi connectivity index (χ1v) is 14.3. The second-order valence-electron chi connectivity index (χ2n) is 9.22. The number of likely N-dealkylation sites (N-methyl/N-ethyl adjacent to an activating group) is 1. The fraction of sp³-hybridized carbons (Fsp3) is 0.310. The maximum absolute atomic E-state index is 14.7. The SMILES string of the molecule is CCNC(=O)C(Cc1ccccc1)N(Cc1ccccc1F)C(=O)CN(c1c(C)cccc1C)S(C)(=O)=O. The lowest BCUT2D eigenvalue weighted by molar-refractivity contribution is -0.140. The van der Waals surface area contributed by atoms with Crippen molar-refractivity contribution in [1.82, 2.24) is 10.2 Å². The van der Waals surface area contributed by atoms with Crippen LogP contribution in [0.25, 0.3) is 0 Å². The van der Waals surface area contributed by atoms with Crippen LogP contribution >= 0.6 is 0 Å². The Balaban J connectivity index is 2.09. The van der Waals surface area contributed by atoms with Crippen molar-refractivity contribution in [3.05, 3.63) is 101 Å². The molecule has 0 radical (unpaired) electrons. The summed E-state index contributed by atoms with van der Waals surface area (Å²) in [6, 6.07) is 19.6. The lowest BCUT2D eigenvalue weighted by atomic mass is 10.0. The highest BCUT2D eigenvalue weighted by Crippen LogP contribution is 2.27. The molecule has 0 saturated carbocycles. The first-order valence-electron chi connectivity index (χ1n) is 12.4. The molecule has 2 amide bonds. The van der Waals surface area contributed by atoms with Crippen LogP contribution in [0.15, 0.2) is 72.8 Å². The van der Waals surface area contributed by atoms with Gasteiger partial charge < -0.3 is 10.2 Å². The van der Waals surface area contributed by atoms with Crippen LogP contribution in [0.4, 0.5) is 10.1 Å². The summed E-state index contributed by atoms with van der Waals surface area (Å²) < 4.78 is 41.6. The summed E-state index contributed by atoms with van der Waals surface area (Å²) in [5, 5.41) is 2.78. The molecule has 0 aliphatic carbocycles. The number of anilines is 1. The first-order chi connectivity index (χ1) is 18.0. The molecule has 3 aromatic carbocycles. The van der Waals surface area contributed by atoms with Gasteiger partial charge in [-0.25, -0.2) is 12.8 Å². The smallest absolute Gasteiger partial charge is 0.244 e. The van der Waals surface area contributed by atoms with E-state index in [9.17, 15) is 22.4 Å². The molecule has 0 aliphatic rings. The second-order valence-corrected chi connectivity index (χ2v) is 11.1. The van der Waals surface area contributed by atoms with Crippen LogP contribution in [-0.4, -0.2) is 50.5 Å². The number of para-hydroxylation sites is 1. The van der Waals surface area contributed by atoms with Crippen molar-refractivity contribution in [2.24, 2.45) is 0 Å². The third kappa shape index (κ3) is 7.19. The average Bonchev–Trinajstić information content (AvgIpc) is 2.86. The monoisotopic (exact) mass is 539 g/mol. The van der Waals surface area contributed by atoms with E-state index >= 15 is 0 Å². The number of carbonyl (C=O) groups is 2. The molecule has 0 spiro atoms. The molecule has 0 heterocycles. The van der Waals surface area contributed by atoms with Gasteiger partial charge in [-0.1, -0.05) is 66.7 Å². The molecule has 0 saturated heterocycles. The van der Waals surface area contributed by atoms with Gasteiger partial charge in [0.2, 0.25) is 21.8 Å². The molecule has 1 N–H and O–H groups in total. The number of benzene rings is 3. The van der Waals surface area contributed by atoms with E-state index in [2.05, 4.69) is 5.32 Å². The fourth-order valence-electron chi connectivity index (χ4n) is 4.43. The van der Waals surface area contributed by atoms with Crippen molar-refractivity contribution in [2.75, 3.05) is 23.7 Å². The molecule has 202 valence electrons. The zero-order valence-electron chi connectivity index (χ0n) is 22.1. The number of nitrogens with one attached hydrogen (secondary N) is 1. The predicted octanol–water partition coefficient (Wildman–Crippen LogP) is 3.98. The lowest BCUT2D eigenvalue weighted by Crippen LogP contribution is -2.53. The minimum atomic E-state index is -3.88. The normalized spacial score (nSPS) is 12.0. The molecule has 0 bridgehead atoms. The largest absolute Gasteiger partial charge is 0.355 e. The zero-order chi connectivity index (χ0) is 27.9. The number of carbonyl (C=O) groups excluding carboxylic acids is 2. The Kier molecular flexibility index (Phi) is 9.63. The fourth-order valence-corrected chi connectivity index (χ4v) is 5.40. The average molecular weight is 540 g/mol. The number of rotatable bonds is 11. The van der Waals surface area contributed by atoms with Crippen LogP contribution < -0.4 is 9.62 Å². The summed E-state index contributed by atoms with van der Waals surface area (Å²) in [5.74, 6) is -1.54. The highest BCUT2D eigenvalue weighted by Gasteiger charge is 2.33. The first kappa shape index (κ1) is 28.8. The summed E-state index contributed by atoms with van der Waals surface area (Å²) in [6.45, 7) is 4.91. The lowest BCUT2D eigenvalue weighted by Gasteiger charge is -2.34. The molecule has 0 aromatic heterocycles. The van der Waals surface area contributed by atoms with E-state index in [0.717, 1.165) is 16.1 Å². The number of amides is 2. The van der Waals surface area contributed by atoms with Crippen LogP contribution in [0.2, 0.25) is 0 Å². The van der Waals surface area contributed by atoms with Crippen molar-refractivity contribution >= 4 is 27.5 Å². The molecule has 3 aromatic rings. The van der Waals surface area contributed by atoms with E-state index < -0.39 is 40.2 Å². The van der Waals surface area contributed by atoms with Crippen molar-refractivity contribution in [3.63, 3.8) is 0 Å². The summed E-state index contributed by atoms with van der Waals surface area (Å²) in [5.41, 5.74) is 2.82. The Hall–Kier alpha value is -3.72. The van der Waals surface area contributed by atoms with Crippen LogP contribution in [0, 0.1) is 19.7 Å². The second kappa shape index (κ2) is 12.7. The molecular weight excluding hydrogens is 505 g/mol. The summed E-state index contributed by atoms with van der Waals surface area (Å²) in [4.78, 5) is 28.5. The molecule has 3 rings (SSSR count). The molecule has 1 unspecified atom stereocenters. The number of sulfonamides is 1. The number of hydrogen-bond acceptors (Lipinski definition) is 4. The summed E-state index contributed by atoms with van der Waals surface area (Å²) >= 11 is 0. The minimum absolute atomic E-state index is 0.176. The van der Waals surface area contributed by atoms with Gasteiger partial charge in [0, 0.05) is 25.1 Å². The van der Waals surface area contributed by atoms with E-state index in [4.69, 9.17) is 0 Å². The number of halogens is 1. The summed E-state index contributed by atoms with van der Waals surface area (Å²) in [6.07, 6.45) is 1.22. The van der Waals surface area contributed by atoms with Gasteiger partial charge in [0.1, 0.15) is 18.4 Å². The van der Waals surface area contributed by atoms with Crippen LogP contribution in [0.3, 0.4) is 0 Å². The maximum Gasteiger partial charge on any atom is 0.244 e. The molecule has 38 heavy (non-hydrogen) atoms. The Morgan fingerprint density at radius 3 is 2.11 bits per heavy atom. The van der Waals surface area contributed by atoms with Crippen molar-refractivity contribution in [2.45, 2.75) is 39.8 Å². The highest BCUT2D eigenvalue weighted by atomic mass is 32.2. The van der Waals surface area contributed by atoms with Gasteiger partial charge in [0.25, 0.3) is 0 Å². The van der Waals surface area contributed by atoms with Gasteiger partial charge in [-0.2, -0.15) is 0 Å². The maximum atomic E-state index is 14.7. The quantitative estimate of drug-likeness (QED) is 0.399. The molecule has 7 nitrogen and oxygen atoms in total. The van der Waals surface area contributed by atoms with Crippen molar-refractivity contribution in [1.29, 1.82) is 0 Å². The molecule has 9 heteroatoms. The molecule has 0 aliphatic heterocycles. The van der Waals surface area contributed by atoms with Gasteiger partial charge in [-0.05, 0) is 43.5 Å². The third-order valence-electron chi connectivity index (χ3n) is 6.29. The van der Waals surface area contributed by atoms with E-state index in [1.165, 1.54) is 11.0 Å². The Morgan fingerprint density at radius 1 is 0.921 bits per heavy atom. The zero-order valence-corrected chi connectivity index (χ0v) is 23.0. The summed E-state index contributed by atoms with van der Waals surface area (Å²) in [7, 11) is -3.88. The van der Waals surface area contributed by atoms with E-state index in [1.807, 2.05) is 36.4 Å². The van der Waals surface area contributed by atoms with Gasteiger partial charge in [-0.3, -0.25) is 13.9 Å². The standard InChI is InChI=1S/C29H34FN3O4S/c1-5-31-29(35)26(18-23-14-7-6-8-15-23)32(19-24-16-9-10-17-25(24)30)27(34)20-33(38(4,36)37)28-21(2)12-11-13-22(28)3/h6-17,26H,5,18-20H2,1-4H3,(H,31,35). The van der Waals surface area contributed by atoms with Crippen LogP contribution in [0.1, 0.15) is 29.2 Å². The van der Waals surface area contributed by atoms with Crippen LogP contribution in [0.5, 0.6) is 0 Å². The number of aryl methyl sites for hydroxylation is 2. The van der Waals surface area contributed by atoms with Crippen LogP contribution in [-0.2, 0) is 32.6 Å². The predicted molar refractivity (Wildman–Crippen MR) is 148 cm³/mol. The topological polar surface area (TPSA) is 86.8 Å². The molecule has 0 fully saturated rings. The van der Waals surface area contributed by atoms with E-state index in [1.54, 1.807) is 51.1 Å². The minimum Gasteiger partial charge on any atom is -0.355 e. The Labute approximate surface area is 224 Å². The molecular formula is C29H34FN3O4S. The Morgan fingerprint density at radius 2 is 1.53 bits per heavy atom. The number of nitrogens with zero attached hydrogens (tertiary/aromatic N) is 2. The molecule has 1 atom stereocenters. The third-order valence-corrected chi connectivity index (χ3v) is 7.40. The number of hydrogen-bond donors (Lipinski definition) is 1. The Bertz CT molecular complexity index is 1360. The van der Waals surface area contributed by atoms with Gasteiger partial charge in [0.05, 0.1) is 11.9 Å². The highest BCUT2D eigenvalue weighted by molar-refractivity contribution is 7.92. The van der Waals surface area contributed by atoms with E-state index in [0.29, 0.717) is 23.4 Å². The van der Waals surface area contributed by atoms with E-state index in [-0.39, 0.29) is 18.5 Å². The van der Waals surface area contributed by atoms with Crippen molar-refractivity contribution < 1.29 is 22.4 Å². The van der Waals surface area contributed by atoms with Gasteiger partial charge in [-0.15, -0.1) is 0 Å². The van der Waals surface area contributed by atoms with Gasteiger partial charge in [0.15, 0.2) is 0 Å².